The first-order valence-corrected chi connectivity index (χ1v) is 7.53. The van der Waals surface area contributed by atoms with Gasteiger partial charge in [-0.2, -0.15) is 13.2 Å². The van der Waals surface area contributed by atoms with Gasteiger partial charge in [-0.05, 0) is 39.8 Å². The van der Waals surface area contributed by atoms with Gasteiger partial charge in [0, 0.05) is 6.54 Å². The number of aryl methyl sites for hydroxylation is 2. The Bertz CT molecular complexity index is 510. The second kappa shape index (κ2) is 6.31. The van der Waals surface area contributed by atoms with Gasteiger partial charge in [0.2, 0.25) is 6.10 Å². The van der Waals surface area contributed by atoms with Crippen molar-refractivity contribution in [3.8, 4) is 0 Å². The SMILES string of the molecule is Cc1nc(C)c(C(=O)O[C@H](CN2CCCC2)C(F)(F)F)s1. The molecule has 8 heteroatoms. The van der Waals surface area contributed by atoms with Crippen molar-refractivity contribution >= 4 is 17.3 Å². The van der Waals surface area contributed by atoms with Crippen molar-refractivity contribution in [2.45, 2.75) is 39.0 Å². The third-order valence-corrected chi connectivity index (χ3v) is 4.38. The molecule has 1 aliphatic rings. The van der Waals surface area contributed by atoms with E-state index in [4.69, 9.17) is 4.74 Å². The van der Waals surface area contributed by atoms with Gasteiger partial charge in [-0.15, -0.1) is 11.3 Å². The molecule has 2 rings (SSSR count). The molecule has 0 aromatic carbocycles. The van der Waals surface area contributed by atoms with Crippen LogP contribution in [-0.2, 0) is 4.74 Å². The molecule has 1 aromatic heterocycles. The van der Waals surface area contributed by atoms with E-state index in [2.05, 4.69) is 4.98 Å². The van der Waals surface area contributed by atoms with Crippen LogP contribution in [0.3, 0.4) is 0 Å². The molecule has 1 atom stereocenters. The maximum absolute atomic E-state index is 13.0. The smallest absolute Gasteiger partial charge is 0.426 e. The van der Waals surface area contributed by atoms with Crippen LogP contribution in [0.15, 0.2) is 0 Å². The second-order valence-electron chi connectivity index (χ2n) is 5.09. The quantitative estimate of drug-likeness (QED) is 0.799. The summed E-state index contributed by atoms with van der Waals surface area (Å²) in [6.07, 6.45) is -4.90. The normalized spacial score (nSPS) is 18.0. The lowest BCUT2D eigenvalue weighted by atomic mass is 10.3. The first-order chi connectivity index (χ1) is 9.77. The molecular formula is C13H17F3N2O2S. The number of esters is 1. The maximum Gasteiger partial charge on any atom is 0.426 e. The second-order valence-corrected chi connectivity index (χ2v) is 6.29. The number of carbonyl (C=O) groups excluding carboxylic acids is 1. The van der Waals surface area contributed by atoms with E-state index in [1.54, 1.807) is 18.7 Å². The fourth-order valence-electron chi connectivity index (χ4n) is 2.31. The average molecular weight is 322 g/mol. The summed E-state index contributed by atoms with van der Waals surface area (Å²) in [4.78, 5) is 17.8. The Morgan fingerprint density at radius 1 is 1.38 bits per heavy atom. The van der Waals surface area contributed by atoms with Gasteiger partial charge in [-0.25, -0.2) is 9.78 Å². The number of aromatic nitrogens is 1. The molecular weight excluding hydrogens is 305 g/mol. The van der Waals surface area contributed by atoms with Gasteiger partial charge >= 0.3 is 12.1 Å². The van der Waals surface area contributed by atoms with Crippen molar-refractivity contribution in [1.82, 2.24) is 9.88 Å². The Morgan fingerprint density at radius 2 is 2.00 bits per heavy atom. The van der Waals surface area contributed by atoms with Crippen LogP contribution in [0.4, 0.5) is 13.2 Å². The highest BCUT2D eigenvalue weighted by molar-refractivity contribution is 7.13. The van der Waals surface area contributed by atoms with Crippen LogP contribution in [0.5, 0.6) is 0 Å². The van der Waals surface area contributed by atoms with Gasteiger partial charge in [0.05, 0.1) is 10.7 Å². The zero-order valence-corrected chi connectivity index (χ0v) is 12.7. The number of nitrogens with zero attached hydrogens (tertiary/aromatic N) is 2. The fourth-order valence-corrected chi connectivity index (χ4v) is 3.11. The lowest BCUT2D eigenvalue weighted by Crippen LogP contribution is -2.43. The number of hydrogen-bond donors (Lipinski definition) is 0. The van der Waals surface area contributed by atoms with E-state index in [0.29, 0.717) is 23.8 Å². The Labute approximate surface area is 124 Å². The first kappa shape index (κ1) is 16.2. The molecule has 1 aromatic rings. The predicted molar refractivity (Wildman–Crippen MR) is 72.5 cm³/mol. The molecule has 1 saturated heterocycles. The molecule has 0 N–H and O–H groups in total. The van der Waals surface area contributed by atoms with Gasteiger partial charge in [0.1, 0.15) is 4.88 Å². The van der Waals surface area contributed by atoms with Gasteiger partial charge < -0.3 is 4.74 Å². The summed E-state index contributed by atoms with van der Waals surface area (Å²) in [5, 5.41) is 0.627. The number of ether oxygens (including phenoxy) is 1. The minimum atomic E-state index is -4.56. The minimum absolute atomic E-state index is 0.142. The van der Waals surface area contributed by atoms with Crippen LogP contribution in [-0.4, -0.2) is 47.8 Å². The number of alkyl halides is 3. The van der Waals surface area contributed by atoms with Crippen LogP contribution >= 0.6 is 11.3 Å². The number of hydrogen-bond acceptors (Lipinski definition) is 5. The summed E-state index contributed by atoms with van der Waals surface area (Å²) < 4.78 is 43.8. The number of likely N-dealkylation sites (tertiary alicyclic amines) is 1. The van der Waals surface area contributed by atoms with E-state index in [0.717, 1.165) is 24.2 Å². The van der Waals surface area contributed by atoms with E-state index < -0.39 is 18.2 Å². The molecule has 0 radical (unpaired) electrons. The zero-order chi connectivity index (χ0) is 15.6. The van der Waals surface area contributed by atoms with Crippen molar-refractivity contribution in [3.63, 3.8) is 0 Å². The highest BCUT2D eigenvalue weighted by Crippen LogP contribution is 2.27. The standard InChI is InChI=1S/C13H17F3N2O2S/c1-8-11(21-9(2)17-8)12(19)20-10(13(14,15)16)7-18-5-3-4-6-18/h10H,3-7H2,1-2H3/t10-/m1/s1. The van der Waals surface area contributed by atoms with E-state index >= 15 is 0 Å². The monoisotopic (exact) mass is 322 g/mol. The third kappa shape index (κ3) is 4.16. The molecule has 1 aliphatic heterocycles. The van der Waals surface area contributed by atoms with Crippen molar-refractivity contribution in [1.29, 1.82) is 0 Å². The van der Waals surface area contributed by atoms with E-state index in [1.807, 2.05) is 0 Å². The summed E-state index contributed by atoms with van der Waals surface area (Å²) in [6.45, 7) is 4.21. The molecule has 21 heavy (non-hydrogen) atoms. The van der Waals surface area contributed by atoms with Gasteiger partial charge in [0.15, 0.2) is 0 Å². The number of thiazole rings is 1. The van der Waals surface area contributed by atoms with Crippen LogP contribution in [0.2, 0.25) is 0 Å². The Balaban J connectivity index is 2.07. The summed E-state index contributed by atoms with van der Waals surface area (Å²) in [5.74, 6) is -0.945. The number of carbonyl (C=O) groups is 1. The molecule has 0 bridgehead atoms. The topological polar surface area (TPSA) is 42.4 Å². The number of rotatable bonds is 4. The van der Waals surface area contributed by atoms with Crippen LogP contribution in [0.25, 0.3) is 0 Å². The molecule has 1 fully saturated rings. The van der Waals surface area contributed by atoms with Crippen LogP contribution in [0.1, 0.15) is 33.2 Å². The third-order valence-electron chi connectivity index (χ3n) is 3.33. The fraction of sp³-hybridized carbons (Fsp3) is 0.692. The largest absolute Gasteiger partial charge is 0.447 e. The summed E-state index contributed by atoms with van der Waals surface area (Å²) in [7, 11) is 0. The van der Waals surface area contributed by atoms with Crippen molar-refractivity contribution in [2.75, 3.05) is 19.6 Å². The molecule has 118 valence electrons. The predicted octanol–water partition coefficient (Wildman–Crippen LogP) is 2.94. The molecule has 4 nitrogen and oxygen atoms in total. The summed E-state index contributed by atoms with van der Waals surface area (Å²) in [6, 6.07) is 0. The van der Waals surface area contributed by atoms with Gasteiger partial charge in [-0.3, -0.25) is 4.90 Å². The van der Waals surface area contributed by atoms with Crippen LogP contribution < -0.4 is 0 Å². The average Bonchev–Trinajstić information content (AvgIpc) is 2.96. The minimum Gasteiger partial charge on any atom is -0.447 e. The zero-order valence-electron chi connectivity index (χ0n) is 11.9. The first-order valence-electron chi connectivity index (χ1n) is 6.71. The Hall–Kier alpha value is -1.15. The van der Waals surface area contributed by atoms with Crippen molar-refractivity contribution < 1.29 is 22.7 Å². The summed E-state index contributed by atoms with van der Waals surface area (Å²) >= 11 is 1.05. The molecule has 0 amide bonds. The Morgan fingerprint density at radius 3 is 2.48 bits per heavy atom. The Kier molecular flexibility index (Phi) is 4.88. The molecule has 0 aliphatic carbocycles. The van der Waals surface area contributed by atoms with Gasteiger partial charge in [0.25, 0.3) is 0 Å². The molecule has 0 saturated carbocycles. The van der Waals surface area contributed by atoms with Gasteiger partial charge in [-0.1, -0.05) is 0 Å². The van der Waals surface area contributed by atoms with Crippen molar-refractivity contribution in [3.05, 3.63) is 15.6 Å². The van der Waals surface area contributed by atoms with Crippen molar-refractivity contribution in [2.24, 2.45) is 0 Å². The lowest BCUT2D eigenvalue weighted by Gasteiger charge is -2.25. The number of halogens is 3. The highest BCUT2D eigenvalue weighted by atomic mass is 32.1. The molecule has 0 unspecified atom stereocenters. The van der Waals surface area contributed by atoms with E-state index in [9.17, 15) is 18.0 Å². The summed E-state index contributed by atoms with van der Waals surface area (Å²) in [5.41, 5.74) is 0.407. The van der Waals surface area contributed by atoms with E-state index in [-0.39, 0.29) is 11.4 Å². The van der Waals surface area contributed by atoms with E-state index in [1.165, 1.54) is 0 Å². The highest BCUT2D eigenvalue weighted by Gasteiger charge is 2.44. The molecule has 0 spiro atoms. The molecule has 2 heterocycles. The van der Waals surface area contributed by atoms with Crippen LogP contribution in [0, 0.1) is 13.8 Å². The lowest BCUT2D eigenvalue weighted by molar-refractivity contribution is -0.208. The maximum atomic E-state index is 13.0.